The number of rotatable bonds is 5. The molecule has 4 bridgehead atoms. The molecule has 4 aliphatic rings. The molecule has 0 aliphatic heterocycles. The third-order valence-electron chi connectivity index (χ3n) is 7.08. The third-order valence-corrected chi connectivity index (χ3v) is 17.0. The van der Waals surface area contributed by atoms with Crippen LogP contribution in [-0.2, 0) is 29.5 Å². The van der Waals surface area contributed by atoms with Crippen LogP contribution in [0.3, 0.4) is 0 Å². The SMILES string of the molecule is CS(=O)(=O)C(S(=O)(=O)C1CC2CCC1C2)S(=O)(=O)C1CC2CCC1C2. The summed E-state index contributed by atoms with van der Waals surface area (Å²) in [6, 6.07) is 0. The van der Waals surface area contributed by atoms with Gasteiger partial charge in [0.15, 0.2) is 29.5 Å². The predicted octanol–water partition coefficient (Wildman–Crippen LogP) is 1.52. The van der Waals surface area contributed by atoms with Crippen LogP contribution in [0.25, 0.3) is 0 Å². The Hall–Kier alpha value is -0.150. The first-order valence-electron chi connectivity index (χ1n) is 9.15. The second-order valence-electron chi connectivity index (χ2n) is 8.72. The lowest BCUT2D eigenvalue weighted by Gasteiger charge is -2.30. The van der Waals surface area contributed by atoms with Gasteiger partial charge in [-0.2, -0.15) is 0 Å². The summed E-state index contributed by atoms with van der Waals surface area (Å²) in [6.45, 7) is 0. The molecule has 6 unspecified atom stereocenters. The summed E-state index contributed by atoms with van der Waals surface area (Å²) in [5, 5.41) is -1.61. The van der Waals surface area contributed by atoms with E-state index in [-0.39, 0.29) is 11.8 Å². The minimum atomic E-state index is -4.28. The molecule has 9 heteroatoms. The van der Waals surface area contributed by atoms with Crippen LogP contribution in [0.5, 0.6) is 0 Å². The van der Waals surface area contributed by atoms with Crippen molar-refractivity contribution in [1.82, 2.24) is 0 Å². The molecule has 0 spiro atoms. The number of sulfone groups is 3. The van der Waals surface area contributed by atoms with Crippen molar-refractivity contribution in [3.63, 3.8) is 0 Å². The molecule has 0 aromatic rings. The maximum Gasteiger partial charge on any atom is 0.262 e. The van der Waals surface area contributed by atoms with Crippen molar-refractivity contribution in [2.45, 2.75) is 65.8 Å². The molecule has 0 saturated heterocycles. The van der Waals surface area contributed by atoms with Gasteiger partial charge < -0.3 is 0 Å². The molecular weight excluding hydrogens is 384 g/mol. The van der Waals surface area contributed by atoms with Gasteiger partial charge in [-0.15, -0.1) is 0 Å². The van der Waals surface area contributed by atoms with Gasteiger partial charge in [-0.1, -0.05) is 12.8 Å². The molecule has 4 rings (SSSR count). The minimum Gasteiger partial charge on any atom is -0.227 e. The van der Waals surface area contributed by atoms with Crippen molar-refractivity contribution in [2.75, 3.05) is 6.26 Å². The largest absolute Gasteiger partial charge is 0.262 e. The molecular formula is C16H26O6S3. The fourth-order valence-corrected chi connectivity index (χ4v) is 16.5. The predicted molar refractivity (Wildman–Crippen MR) is 94.9 cm³/mol. The van der Waals surface area contributed by atoms with E-state index < -0.39 is 43.9 Å². The first kappa shape index (κ1) is 18.2. The Morgan fingerprint density at radius 2 is 1.04 bits per heavy atom. The average Bonchev–Trinajstić information content (AvgIpc) is 3.25. The maximum atomic E-state index is 13.2. The molecule has 0 radical (unpaired) electrons. The van der Waals surface area contributed by atoms with E-state index in [2.05, 4.69) is 0 Å². The summed E-state index contributed by atoms with van der Waals surface area (Å²) in [6.07, 6.45) is 6.66. The minimum absolute atomic E-state index is 0.0746. The first-order chi connectivity index (χ1) is 11.5. The van der Waals surface area contributed by atoms with E-state index in [1.165, 1.54) is 0 Å². The van der Waals surface area contributed by atoms with E-state index in [1.54, 1.807) is 0 Å². The van der Waals surface area contributed by atoms with E-state index >= 15 is 0 Å². The van der Waals surface area contributed by atoms with Crippen LogP contribution in [-0.4, -0.2) is 45.9 Å². The van der Waals surface area contributed by atoms with Gasteiger partial charge in [0.25, 0.3) is 3.91 Å². The highest BCUT2D eigenvalue weighted by molar-refractivity contribution is 8.24. The lowest BCUT2D eigenvalue weighted by atomic mass is 10.0. The van der Waals surface area contributed by atoms with E-state index in [1.807, 2.05) is 0 Å². The topological polar surface area (TPSA) is 102 Å². The quantitative estimate of drug-likeness (QED) is 0.681. The number of hydrogen-bond acceptors (Lipinski definition) is 6. The van der Waals surface area contributed by atoms with E-state index in [4.69, 9.17) is 0 Å². The molecule has 0 heterocycles. The van der Waals surface area contributed by atoms with Gasteiger partial charge in [0.1, 0.15) is 0 Å². The monoisotopic (exact) mass is 410 g/mol. The molecule has 4 aliphatic carbocycles. The van der Waals surface area contributed by atoms with E-state index in [0.29, 0.717) is 24.7 Å². The Morgan fingerprint density at radius 1 is 0.640 bits per heavy atom. The Bertz CT molecular complexity index is 815. The summed E-state index contributed by atoms with van der Waals surface area (Å²) in [5.74, 6) is 0.453. The lowest BCUT2D eigenvalue weighted by molar-refractivity contribution is 0.458. The van der Waals surface area contributed by atoms with E-state index in [0.717, 1.165) is 44.8 Å². The van der Waals surface area contributed by atoms with Gasteiger partial charge >= 0.3 is 0 Å². The second-order valence-corrected chi connectivity index (χ2v) is 16.3. The van der Waals surface area contributed by atoms with Crippen LogP contribution in [0.4, 0.5) is 0 Å². The molecule has 25 heavy (non-hydrogen) atoms. The van der Waals surface area contributed by atoms with Gasteiger partial charge in [0.05, 0.1) is 10.5 Å². The fraction of sp³-hybridized carbons (Fsp3) is 1.00. The fourth-order valence-electron chi connectivity index (χ4n) is 6.14. The zero-order valence-corrected chi connectivity index (χ0v) is 16.8. The normalized spacial score (nSPS) is 42.1. The highest BCUT2D eigenvalue weighted by Gasteiger charge is 2.59. The van der Waals surface area contributed by atoms with Crippen molar-refractivity contribution in [3.8, 4) is 0 Å². The Morgan fingerprint density at radius 3 is 1.28 bits per heavy atom. The zero-order valence-electron chi connectivity index (χ0n) is 14.4. The van der Waals surface area contributed by atoms with Crippen LogP contribution in [0, 0.1) is 23.7 Å². The van der Waals surface area contributed by atoms with Crippen molar-refractivity contribution in [2.24, 2.45) is 23.7 Å². The lowest BCUT2D eigenvalue weighted by Crippen LogP contribution is -2.48. The van der Waals surface area contributed by atoms with Crippen LogP contribution in [0.1, 0.15) is 51.4 Å². The molecule has 4 fully saturated rings. The summed E-state index contributed by atoms with van der Waals surface area (Å²) < 4.78 is 75.4. The Labute approximate surface area is 150 Å². The smallest absolute Gasteiger partial charge is 0.227 e. The van der Waals surface area contributed by atoms with E-state index in [9.17, 15) is 25.3 Å². The maximum absolute atomic E-state index is 13.2. The Kier molecular flexibility index (Phi) is 4.14. The molecule has 0 aromatic heterocycles. The molecule has 144 valence electrons. The highest BCUT2D eigenvalue weighted by atomic mass is 32.3. The Balaban J connectivity index is 1.74. The van der Waals surface area contributed by atoms with Crippen LogP contribution >= 0.6 is 0 Å². The third kappa shape index (κ3) is 2.79. The van der Waals surface area contributed by atoms with Crippen molar-refractivity contribution in [1.29, 1.82) is 0 Å². The highest BCUT2D eigenvalue weighted by Crippen LogP contribution is 2.52. The van der Waals surface area contributed by atoms with Crippen LogP contribution < -0.4 is 0 Å². The summed E-state index contributed by atoms with van der Waals surface area (Å²) >= 11 is 0. The van der Waals surface area contributed by atoms with Crippen molar-refractivity contribution < 1.29 is 25.3 Å². The van der Waals surface area contributed by atoms with Crippen LogP contribution in [0.2, 0.25) is 0 Å². The number of fused-ring (bicyclic) bond motifs is 4. The van der Waals surface area contributed by atoms with Gasteiger partial charge in [-0.05, 0) is 62.2 Å². The molecule has 0 N–H and O–H groups in total. The molecule has 0 amide bonds. The summed E-state index contributed by atoms with van der Waals surface area (Å²) in [7, 11) is -12.8. The standard InChI is InChI=1S/C16H26O6S3/c1-23(17,18)16(24(19,20)14-8-10-2-4-12(14)6-10)25(21,22)15-9-11-3-5-13(15)7-11/h10-16H,2-9H2,1H3. The van der Waals surface area contributed by atoms with Crippen molar-refractivity contribution in [3.05, 3.63) is 0 Å². The van der Waals surface area contributed by atoms with Crippen molar-refractivity contribution >= 4 is 29.5 Å². The average molecular weight is 411 g/mol. The van der Waals surface area contributed by atoms with Gasteiger partial charge in [-0.3, -0.25) is 0 Å². The summed E-state index contributed by atoms with van der Waals surface area (Å²) in [5.41, 5.74) is 0. The first-order valence-corrected chi connectivity index (χ1v) is 14.3. The summed E-state index contributed by atoms with van der Waals surface area (Å²) in [4.78, 5) is 0. The van der Waals surface area contributed by atoms with Gasteiger partial charge in [0.2, 0.25) is 0 Å². The van der Waals surface area contributed by atoms with Gasteiger partial charge in [-0.25, -0.2) is 25.3 Å². The molecule has 0 aromatic carbocycles. The van der Waals surface area contributed by atoms with Crippen LogP contribution in [0.15, 0.2) is 0 Å². The number of hydrogen-bond donors (Lipinski definition) is 0. The molecule has 4 saturated carbocycles. The van der Waals surface area contributed by atoms with Gasteiger partial charge in [0, 0.05) is 6.26 Å². The molecule has 6 atom stereocenters. The zero-order chi connectivity index (χ0) is 18.2. The molecule has 6 nitrogen and oxygen atoms in total. The second kappa shape index (κ2) is 5.67.